The van der Waals surface area contributed by atoms with Crippen molar-refractivity contribution >= 4 is 0 Å². The van der Waals surface area contributed by atoms with E-state index in [1.54, 1.807) is 0 Å². The van der Waals surface area contributed by atoms with E-state index in [1.807, 2.05) is 40.7 Å². The van der Waals surface area contributed by atoms with Crippen LogP contribution in [0.3, 0.4) is 0 Å². The van der Waals surface area contributed by atoms with E-state index >= 15 is 0 Å². The maximum atomic E-state index is 5.40. The summed E-state index contributed by atoms with van der Waals surface area (Å²) in [6.07, 6.45) is 1.95. The van der Waals surface area contributed by atoms with Crippen molar-refractivity contribution in [2.75, 3.05) is 0 Å². The van der Waals surface area contributed by atoms with Crippen LogP contribution in [-0.2, 0) is 4.74 Å². The minimum atomic E-state index is 0.957. The highest BCUT2D eigenvalue weighted by Gasteiger charge is 1.92. The van der Waals surface area contributed by atoms with Crippen molar-refractivity contribution < 1.29 is 4.74 Å². The molecule has 0 bridgehead atoms. The number of rotatable bonds is 2. The van der Waals surface area contributed by atoms with Crippen molar-refractivity contribution in [1.29, 1.82) is 0 Å². The van der Waals surface area contributed by atoms with Crippen LogP contribution in [0.15, 0.2) is 23.2 Å². The summed E-state index contributed by atoms with van der Waals surface area (Å²) in [5.41, 5.74) is 1.22. The summed E-state index contributed by atoms with van der Waals surface area (Å²) in [6.45, 7) is 9.97. The summed E-state index contributed by atoms with van der Waals surface area (Å²) < 4.78 is 5.40. The molecule has 0 aromatic carbocycles. The van der Waals surface area contributed by atoms with Crippen molar-refractivity contribution in [3.63, 3.8) is 0 Å². The standard InChI is InChI=1S/C9H16O/c1-6-8(4)10-9(5)7(2)3/h6H,1-5H3/b8-6+. The number of hydrogen-bond donors (Lipinski definition) is 0. The predicted octanol–water partition coefficient (Wildman–Crippen LogP) is 3.24. The lowest BCUT2D eigenvalue weighted by Gasteiger charge is -2.06. The first-order valence-corrected chi connectivity index (χ1v) is 3.52. The first-order chi connectivity index (χ1) is 4.57. The molecule has 10 heavy (non-hydrogen) atoms. The van der Waals surface area contributed by atoms with Crippen molar-refractivity contribution in [3.8, 4) is 0 Å². The molecule has 1 heteroatoms. The molecule has 0 saturated carbocycles. The smallest absolute Gasteiger partial charge is 0.0991 e. The molecule has 0 aromatic rings. The summed E-state index contributed by atoms with van der Waals surface area (Å²) in [6, 6.07) is 0. The van der Waals surface area contributed by atoms with Gasteiger partial charge >= 0.3 is 0 Å². The normalized spacial score (nSPS) is 11.1. The van der Waals surface area contributed by atoms with Crippen molar-refractivity contribution in [3.05, 3.63) is 23.2 Å². The first-order valence-electron chi connectivity index (χ1n) is 3.52. The highest BCUT2D eigenvalue weighted by atomic mass is 16.5. The van der Waals surface area contributed by atoms with Crippen LogP contribution in [0.1, 0.15) is 34.6 Å². The molecule has 0 aromatic heterocycles. The summed E-state index contributed by atoms with van der Waals surface area (Å²) in [7, 11) is 0. The minimum absolute atomic E-state index is 0.957. The van der Waals surface area contributed by atoms with Crippen LogP contribution in [0.25, 0.3) is 0 Å². The molecule has 1 nitrogen and oxygen atoms in total. The van der Waals surface area contributed by atoms with Gasteiger partial charge in [-0.05, 0) is 46.3 Å². The molecule has 0 saturated heterocycles. The number of ether oxygens (including phenoxy) is 1. The Morgan fingerprint density at radius 2 is 1.60 bits per heavy atom. The highest BCUT2D eigenvalue weighted by molar-refractivity contribution is 5.03. The summed E-state index contributed by atoms with van der Waals surface area (Å²) in [4.78, 5) is 0. The predicted molar refractivity (Wildman–Crippen MR) is 44.6 cm³/mol. The molecular weight excluding hydrogens is 124 g/mol. The van der Waals surface area contributed by atoms with E-state index in [0.29, 0.717) is 0 Å². The van der Waals surface area contributed by atoms with Crippen molar-refractivity contribution in [1.82, 2.24) is 0 Å². The Hall–Kier alpha value is -0.720. The second-order valence-electron chi connectivity index (χ2n) is 2.56. The third-order valence-electron chi connectivity index (χ3n) is 1.42. The van der Waals surface area contributed by atoms with Crippen LogP contribution in [-0.4, -0.2) is 0 Å². The average molecular weight is 140 g/mol. The Bertz CT molecular complexity index is 160. The third kappa shape index (κ3) is 3.33. The molecule has 0 amide bonds. The maximum Gasteiger partial charge on any atom is 0.0991 e. The van der Waals surface area contributed by atoms with Crippen LogP contribution in [0, 0.1) is 0 Å². The van der Waals surface area contributed by atoms with E-state index in [2.05, 4.69) is 0 Å². The lowest BCUT2D eigenvalue weighted by molar-refractivity contribution is 0.303. The van der Waals surface area contributed by atoms with E-state index in [1.165, 1.54) is 5.57 Å². The van der Waals surface area contributed by atoms with Crippen LogP contribution < -0.4 is 0 Å². The molecule has 58 valence electrons. The van der Waals surface area contributed by atoms with Gasteiger partial charge in [-0.3, -0.25) is 0 Å². The van der Waals surface area contributed by atoms with Gasteiger partial charge in [0.25, 0.3) is 0 Å². The molecule has 0 N–H and O–H groups in total. The van der Waals surface area contributed by atoms with E-state index in [0.717, 1.165) is 11.5 Å². The molecule has 0 fully saturated rings. The Balaban J connectivity index is 4.05. The second-order valence-corrected chi connectivity index (χ2v) is 2.56. The van der Waals surface area contributed by atoms with Gasteiger partial charge < -0.3 is 4.74 Å². The van der Waals surface area contributed by atoms with Crippen LogP contribution in [0.5, 0.6) is 0 Å². The van der Waals surface area contributed by atoms with Crippen LogP contribution >= 0.6 is 0 Å². The van der Waals surface area contributed by atoms with Gasteiger partial charge in [-0.15, -0.1) is 0 Å². The monoisotopic (exact) mass is 140 g/mol. The van der Waals surface area contributed by atoms with Gasteiger partial charge in [-0.25, -0.2) is 0 Å². The van der Waals surface area contributed by atoms with E-state index in [9.17, 15) is 0 Å². The third-order valence-corrected chi connectivity index (χ3v) is 1.42. The summed E-state index contributed by atoms with van der Waals surface area (Å²) in [5, 5.41) is 0. The Kier molecular flexibility index (Phi) is 3.85. The largest absolute Gasteiger partial charge is 0.467 e. The fraction of sp³-hybridized carbons (Fsp3) is 0.556. The lowest BCUT2D eigenvalue weighted by atomic mass is 10.3. The molecule has 0 spiro atoms. The molecule has 0 unspecified atom stereocenters. The van der Waals surface area contributed by atoms with E-state index in [4.69, 9.17) is 4.74 Å². The first kappa shape index (κ1) is 9.28. The fourth-order valence-electron chi connectivity index (χ4n) is 0.402. The number of hydrogen-bond acceptors (Lipinski definition) is 1. The summed E-state index contributed by atoms with van der Waals surface area (Å²) in [5.74, 6) is 1.95. The number of allylic oxidation sites excluding steroid dienone is 4. The zero-order valence-electron chi connectivity index (χ0n) is 7.49. The van der Waals surface area contributed by atoms with Crippen LogP contribution in [0.2, 0.25) is 0 Å². The molecule has 0 aliphatic rings. The van der Waals surface area contributed by atoms with Crippen molar-refractivity contribution in [2.24, 2.45) is 0 Å². The second kappa shape index (κ2) is 4.15. The molecule has 0 heterocycles. The van der Waals surface area contributed by atoms with Gasteiger partial charge in [0, 0.05) is 0 Å². The van der Waals surface area contributed by atoms with Gasteiger partial charge in [0.05, 0.1) is 11.5 Å². The Labute approximate surface area is 63.4 Å². The van der Waals surface area contributed by atoms with Gasteiger partial charge in [0.15, 0.2) is 0 Å². The summed E-state index contributed by atoms with van der Waals surface area (Å²) >= 11 is 0. The quantitative estimate of drug-likeness (QED) is 0.535. The van der Waals surface area contributed by atoms with E-state index < -0.39 is 0 Å². The molecule has 0 atom stereocenters. The van der Waals surface area contributed by atoms with E-state index in [-0.39, 0.29) is 0 Å². The lowest BCUT2D eigenvalue weighted by Crippen LogP contribution is -1.87. The van der Waals surface area contributed by atoms with Gasteiger partial charge in [0.2, 0.25) is 0 Å². The fourth-order valence-corrected chi connectivity index (χ4v) is 0.402. The van der Waals surface area contributed by atoms with Gasteiger partial charge in [-0.2, -0.15) is 0 Å². The Morgan fingerprint density at radius 1 is 1.10 bits per heavy atom. The van der Waals surface area contributed by atoms with Gasteiger partial charge in [-0.1, -0.05) is 0 Å². The van der Waals surface area contributed by atoms with Crippen molar-refractivity contribution in [2.45, 2.75) is 34.6 Å². The molecular formula is C9H16O. The maximum absolute atomic E-state index is 5.40. The molecule has 0 radical (unpaired) electrons. The molecule has 0 rings (SSSR count). The topological polar surface area (TPSA) is 9.23 Å². The zero-order valence-corrected chi connectivity index (χ0v) is 7.49. The minimum Gasteiger partial charge on any atom is -0.467 e. The Morgan fingerprint density at radius 3 is 1.90 bits per heavy atom. The molecule has 0 aliphatic heterocycles. The molecule has 0 aliphatic carbocycles. The zero-order chi connectivity index (χ0) is 8.15. The average Bonchev–Trinajstić information content (AvgIpc) is 1.87. The highest BCUT2D eigenvalue weighted by Crippen LogP contribution is 2.08. The van der Waals surface area contributed by atoms with Crippen LogP contribution in [0.4, 0.5) is 0 Å². The van der Waals surface area contributed by atoms with Gasteiger partial charge in [0.1, 0.15) is 0 Å². The SMILES string of the molecule is C/C=C(\C)OC(C)=C(C)C.